The van der Waals surface area contributed by atoms with Crippen molar-refractivity contribution >= 4 is 11.4 Å². The summed E-state index contributed by atoms with van der Waals surface area (Å²) in [5.41, 5.74) is 1.58. The normalized spacial score (nSPS) is 31.1. The van der Waals surface area contributed by atoms with Gasteiger partial charge in [-0.25, -0.2) is 4.39 Å². The van der Waals surface area contributed by atoms with Gasteiger partial charge in [0.05, 0.1) is 18.9 Å². The number of ether oxygens (including phenoxy) is 1. The van der Waals surface area contributed by atoms with Gasteiger partial charge in [0.25, 0.3) is 0 Å². The average molecular weight is 291 g/mol. The number of anilines is 2. The van der Waals surface area contributed by atoms with Crippen LogP contribution in [0.3, 0.4) is 0 Å². The zero-order chi connectivity index (χ0) is 14.2. The van der Waals surface area contributed by atoms with Crippen LogP contribution in [0.15, 0.2) is 18.2 Å². The summed E-state index contributed by atoms with van der Waals surface area (Å²) in [6, 6.07) is 5.50. The highest BCUT2D eigenvalue weighted by molar-refractivity contribution is 5.56. The molecule has 2 N–H and O–H groups in total. The summed E-state index contributed by atoms with van der Waals surface area (Å²) in [7, 11) is 0. The van der Waals surface area contributed by atoms with Gasteiger partial charge in [-0.1, -0.05) is 0 Å². The van der Waals surface area contributed by atoms with E-state index < -0.39 is 0 Å². The molecule has 0 bridgehead atoms. The van der Waals surface area contributed by atoms with Crippen LogP contribution in [0.25, 0.3) is 0 Å². The lowest BCUT2D eigenvalue weighted by Crippen LogP contribution is -2.36. The predicted molar refractivity (Wildman–Crippen MR) is 81.3 cm³/mol. The Morgan fingerprint density at radius 1 is 1.24 bits per heavy atom. The molecule has 5 heteroatoms. The number of morpholine rings is 1. The molecular weight excluding hydrogens is 269 g/mol. The zero-order valence-electron chi connectivity index (χ0n) is 12.1. The lowest BCUT2D eigenvalue weighted by molar-refractivity contribution is 0.122. The molecule has 0 amide bonds. The first-order valence-corrected chi connectivity index (χ1v) is 7.90. The van der Waals surface area contributed by atoms with Gasteiger partial charge in [0, 0.05) is 25.3 Å². The van der Waals surface area contributed by atoms with Crippen molar-refractivity contribution in [2.75, 3.05) is 56.2 Å². The summed E-state index contributed by atoms with van der Waals surface area (Å²) in [5, 5.41) is 6.79. The zero-order valence-corrected chi connectivity index (χ0v) is 12.1. The topological polar surface area (TPSA) is 36.5 Å². The Morgan fingerprint density at radius 2 is 2.00 bits per heavy atom. The van der Waals surface area contributed by atoms with E-state index in [9.17, 15) is 4.39 Å². The first-order chi connectivity index (χ1) is 10.3. The van der Waals surface area contributed by atoms with E-state index in [-0.39, 0.29) is 5.82 Å². The largest absolute Gasteiger partial charge is 0.385 e. The minimum absolute atomic E-state index is 0.139. The molecule has 2 unspecified atom stereocenters. The Kier molecular flexibility index (Phi) is 3.47. The smallest absolute Gasteiger partial charge is 0.148 e. The van der Waals surface area contributed by atoms with Crippen LogP contribution in [0.4, 0.5) is 15.8 Å². The fraction of sp³-hybridized carbons (Fsp3) is 0.625. The molecule has 1 saturated carbocycles. The van der Waals surface area contributed by atoms with Crippen LogP contribution in [0.2, 0.25) is 0 Å². The van der Waals surface area contributed by atoms with Gasteiger partial charge in [-0.05, 0) is 49.0 Å². The number of nitrogens with one attached hydrogen (secondary N) is 2. The molecule has 114 valence electrons. The van der Waals surface area contributed by atoms with Crippen LogP contribution in [0, 0.1) is 23.6 Å². The van der Waals surface area contributed by atoms with E-state index in [1.54, 1.807) is 6.07 Å². The van der Waals surface area contributed by atoms with E-state index in [1.807, 2.05) is 12.1 Å². The molecule has 2 aliphatic heterocycles. The molecule has 4 rings (SSSR count). The second-order valence-corrected chi connectivity index (χ2v) is 6.30. The summed E-state index contributed by atoms with van der Waals surface area (Å²) in [6.07, 6.45) is 0. The molecule has 1 aliphatic carbocycles. The maximum atomic E-state index is 14.3. The quantitative estimate of drug-likeness (QED) is 0.882. The third kappa shape index (κ3) is 2.60. The van der Waals surface area contributed by atoms with Crippen molar-refractivity contribution in [2.45, 2.75) is 0 Å². The first kappa shape index (κ1) is 13.3. The summed E-state index contributed by atoms with van der Waals surface area (Å²) in [4.78, 5) is 2.06. The monoisotopic (exact) mass is 291 g/mol. The molecule has 2 saturated heterocycles. The van der Waals surface area contributed by atoms with E-state index >= 15 is 0 Å². The molecule has 2 heterocycles. The maximum Gasteiger partial charge on any atom is 0.148 e. The lowest BCUT2D eigenvalue weighted by atomic mass is 10.2. The predicted octanol–water partition coefficient (Wildman–Crippen LogP) is 1.54. The van der Waals surface area contributed by atoms with Crippen molar-refractivity contribution in [2.24, 2.45) is 17.8 Å². The highest BCUT2D eigenvalue weighted by Gasteiger charge is 2.52. The average Bonchev–Trinajstić information content (AvgIpc) is 2.94. The number of nitrogens with zero attached hydrogens (tertiary/aromatic N) is 1. The summed E-state index contributed by atoms with van der Waals surface area (Å²) in [6.45, 7) is 6.16. The molecule has 0 radical (unpaired) electrons. The van der Waals surface area contributed by atoms with Crippen LogP contribution in [0.5, 0.6) is 0 Å². The van der Waals surface area contributed by atoms with E-state index in [1.165, 1.54) is 0 Å². The Hall–Kier alpha value is -1.33. The number of rotatable bonds is 4. The third-order valence-corrected chi connectivity index (χ3v) is 5.11. The second kappa shape index (κ2) is 5.46. The molecule has 1 aromatic rings. The van der Waals surface area contributed by atoms with E-state index in [4.69, 9.17) is 4.74 Å². The van der Waals surface area contributed by atoms with Crippen LogP contribution in [-0.4, -0.2) is 45.9 Å². The van der Waals surface area contributed by atoms with Gasteiger partial charge in [-0.15, -0.1) is 0 Å². The maximum absolute atomic E-state index is 14.3. The minimum atomic E-state index is -0.139. The molecule has 4 nitrogen and oxygen atoms in total. The molecule has 0 aromatic heterocycles. The van der Waals surface area contributed by atoms with E-state index in [0.717, 1.165) is 56.2 Å². The minimum Gasteiger partial charge on any atom is -0.385 e. The Morgan fingerprint density at radius 3 is 2.71 bits per heavy atom. The standard InChI is InChI=1S/C16H22FN3O/c17-15-7-11(19-10-14-12-8-18-9-13(12)14)1-2-16(15)20-3-5-21-6-4-20/h1-2,7,12-14,18-19H,3-6,8-10H2. The van der Waals surface area contributed by atoms with Crippen molar-refractivity contribution in [1.82, 2.24) is 5.32 Å². The molecule has 3 aliphatic rings. The summed E-state index contributed by atoms with van der Waals surface area (Å²) < 4.78 is 19.6. The van der Waals surface area contributed by atoms with Crippen LogP contribution in [0.1, 0.15) is 0 Å². The van der Waals surface area contributed by atoms with Gasteiger partial charge < -0.3 is 20.3 Å². The third-order valence-electron chi connectivity index (χ3n) is 5.11. The van der Waals surface area contributed by atoms with Crippen LogP contribution >= 0.6 is 0 Å². The van der Waals surface area contributed by atoms with Crippen LogP contribution < -0.4 is 15.5 Å². The first-order valence-electron chi connectivity index (χ1n) is 7.90. The van der Waals surface area contributed by atoms with E-state index in [2.05, 4.69) is 15.5 Å². The lowest BCUT2D eigenvalue weighted by Gasteiger charge is -2.29. The van der Waals surface area contributed by atoms with Gasteiger partial charge in [0.15, 0.2) is 0 Å². The second-order valence-electron chi connectivity index (χ2n) is 6.30. The molecule has 3 fully saturated rings. The number of benzene rings is 1. The van der Waals surface area contributed by atoms with Gasteiger partial charge in [-0.2, -0.15) is 0 Å². The fourth-order valence-corrected chi connectivity index (χ4v) is 3.76. The number of halogens is 1. The van der Waals surface area contributed by atoms with Crippen LogP contribution in [-0.2, 0) is 4.74 Å². The SMILES string of the molecule is Fc1cc(NCC2C3CNCC32)ccc1N1CCOCC1. The highest BCUT2D eigenvalue weighted by atomic mass is 19.1. The Labute approximate surface area is 124 Å². The number of hydrogen-bond acceptors (Lipinski definition) is 4. The van der Waals surface area contributed by atoms with Crippen molar-refractivity contribution in [3.63, 3.8) is 0 Å². The van der Waals surface area contributed by atoms with Gasteiger partial charge in [-0.3, -0.25) is 0 Å². The molecule has 21 heavy (non-hydrogen) atoms. The summed E-state index contributed by atoms with van der Waals surface area (Å²) in [5.74, 6) is 2.32. The highest BCUT2D eigenvalue weighted by Crippen LogP contribution is 2.48. The number of fused-ring (bicyclic) bond motifs is 1. The van der Waals surface area contributed by atoms with Gasteiger partial charge in [0.2, 0.25) is 0 Å². The van der Waals surface area contributed by atoms with E-state index in [0.29, 0.717) is 18.9 Å². The van der Waals surface area contributed by atoms with Crippen molar-refractivity contribution in [1.29, 1.82) is 0 Å². The van der Waals surface area contributed by atoms with Gasteiger partial charge in [0.1, 0.15) is 5.82 Å². The number of hydrogen-bond donors (Lipinski definition) is 2. The molecule has 0 spiro atoms. The molecular formula is C16H22FN3O. The fourth-order valence-electron chi connectivity index (χ4n) is 3.76. The van der Waals surface area contributed by atoms with Crippen molar-refractivity contribution < 1.29 is 9.13 Å². The number of piperidine rings is 1. The van der Waals surface area contributed by atoms with Gasteiger partial charge >= 0.3 is 0 Å². The molecule has 2 atom stereocenters. The van der Waals surface area contributed by atoms with Crippen molar-refractivity contribution in [3.8, 4) is 0 Å². The Balaban J connectivity index is 1.37. The summed E-state index contributed by atoms with van der Waals surface area (Å²) >= 11 is 0. The van der Waals surface area contributed by atoms with Crippen molar-refractivity contribution in [3.05, 3.63) is 24.0 Å². The molecule has 1 aromatic carbocycles. The Bertz CT molecular complexity index is 508.